The van der Waals surface area contributed by atoms with Crippen LogP contribution < -0.4 is 0 Å². The van der Waals surface area contributed by atoms with Crippen molar-refractivity contribution in [2.75, 3.05) is 66.7 Å². The number of unbranched alkanes of at least 4 members (excludes halogenated alkanes) is 6. The van der Waals surface area contributed by atoms with Crippen LogP contribution in [0.5, 0.6) is 0 Å². The van der Waals surface area contributed by atoms with E-state index in [-0.39, 0.29) is 0 Å². The molecule has 0 atom stereocenters. The minimum atomic E-state index is -2.17. The largest absolute Gasteiger partial charge is 0.394 e. The van der Waals surface area contributed by atoms with Crippen LogP contribution in [0.2, 0.25) is 25.2 Å². The molecule has 0 bridgehead atoms. The van der Waals surface area contributed by atoms with E-state index in [9.17, 15) is 0 Å². The van der Waals surface area contributed by atoms with Crippen LogP contribution in [0.25, 0.3) is 0 Å². The standard InChI is InChI=1S/C43H86N2O4Si2/c1-9-13-17-21-27-38-46-50(7,47-39-28-22-18-14-10-2)42-31-25-34-44(5)36-33-37-45(6)35-26-32-43-51(8,48-40-29-23-19-15-11-3)49-41-30-24-20-16-12-4/h17-24H,9-16,25-43H2,1-8H3/b21-17-,22-18-,23-19-,24-20-. The molecule has 0 spiro atoms. The normalized spacial score (nSPS) is 13.2. The van der Waals surface area contributed by atoms with Crippen LogP contribution in [0, 0.1) is 0 Å². The second-order valence-corrected chi connectivity index (χ2v) is 21.4. The van der Waals surface area contributed by atoms with Crippen molar-refractivity contribution in [3.05, 3.63) is 48.6 Å². The Labute approximate surface area is 321 Å². The molecule has 0 fully saturated rings. The summed E-state index contributed by atoms with van der Waals surface area (Å²) in [5, 5.41) is 0. The predicted octanol–water partition coefficient (Wildman–Crippen LogP) is 12.0. The molecular weight excluding hydrogens is 665 g/mol. The van der Waals surface area contributed by atoms with E-state index in [0.29, 0.717) is 0 Å². The zero-order valence-electron chi connectivity index (χ0n) is 35.2. The summed E-state index contributed by atoms with van der Waals surface area (Å²) in [5.74, 6) is 0. The molecule has 0 radical (unpaired) electrons. The molecular formula is C43H86N2O4Si2. The molecule has 6 nitrogen and oxygen atoms in total. The van der Waals surface area contributed by atoms with Gasteiger partial charge in [-0.05, 0) is 136 Å². The average Bonchev–Trinajstić information content (AvgIpc) is 3.11. The topological polar surface area (TPSA) is 43.4 Å². The highest BCUT2D eigenvalue weighted by Gasteiger charge is 2.31. The summed E-state index contributed by atoms with van der Waals surface area (Å²) >= 11 is 0. The first-order valence-corrected chi connectivity index (χ1v) is 26.3. The van der Waals surface area contributed by atoms with E-state index >= 15 is 0 Å². The zero-order valence-corrected chi connectivity index (χ0v) is 37.2. The van der Waals surface area contributed by atoms with Crippen LogP contribution >= 0.6 is 0 Å². The lowest BCUT2D eigenvalue weighted by molar-refractivity contribution is 0.176. The van der Waals surface area contributed by atoms with Gasteiger partial charge in [-0.25, -0.2) is 0 Å². The molecule has 0 aromatic rings. The average molecular weight is 751 g/mol. The quantitative estimate of drug-likeness (QED) is 0.0356. The summed E-state index contributed by atoms with van der Waals surface area (Å²) in [6.07, 6.45) is 37.5. The van der Waals surface area contributed by atoms with E-state index in [1.807, 2.05) is 0 Å². The molecule has 0 aromatic carbocycles. The lowest BCUT2D eigenvalue weighted by Crippen LogP contribution is -2.39. The van der Waals surface area contributed by atoms with Crippen molar-refractivity contribution >= 4 is 17.1 Å². The summed E-state index contributed by atoms with van der Waals surface area (Å²) in [7, 11) is 0.224. The lowest BCUT2D eigenvalue weighted by Gasteiger charge is -2.27. The van der Waals surface area contributed by atoms with Gasteiger partial charge in [0.05, 0.1) is 0 Å². The Balaban J connectivity index is 4.46. The Hall–Kier alpha value is -0.846. The third kappa shape index (κ3) is 33.5. The van der Waals surface area contributed by atoms with Gasteiger partial charge in [0.2, 0.25) is 0 Å². The van der Waals surface area contributed by atoms with Crippen molar-refractivity contribution < 1.29 is 17.7 Å². The molecule has 0 aliphatic heterocycles. The Bertz CT molecular complexity index is 755. The minimum Gasteiger partial charge on any atom is -0.394 e. The molecule has 0 heterocycles. The maximum atomic E-state index is 6.47. The van der Waals surface area contributed by atoms with Gasteiger partial charge in [-0.1, -0.05) is 115 Å². The summed E-state index contributed by atoms with van der Waals surface area (Å²) < 4.78 is 25.9. The third-order valence-corrected chi connectivity index (χ3v) is 15.0. The predicted molar refractivity (Wildman–Crippen MR) is 229 cm³/mol. The van der Waals surface area contributed by atoms with Crippen molar-refractivity contribution in [2.45, 2.75) is 162 Å². The van der Waals surface area contributed by atoms with Crippen LogP contribution in [-0.2, 0) is 17.7 Å². The Kier molecular flexibility index (Phi) is 35.5. The zero-order chi connectivity index (χ0) is 37.7. The van der Waals surface area contributed by atoms with Gasteiger partial charge in [-0.2, -0.15) is 0 Å². The number of hydrogen-bond acceptors (Lipinski definition) is 6. The Morgan fingerprint density at radius 1 is 0.373 bits per heavy atom. The minimum absolute atomic E-state index is 0.777. The SMILES string of the molecule is CCC/C=C\CCO[Si](C)(CCCCN(C)CCCN(C)CCCC[Si](C)(OCC/C=C\CCC)OCC/C=C\CCC)OCC/C=C\CCC. The van der Waals surface area contributed by atoms with Crippen molar-refractivity contribution in [1.82, 2.24) is 9.80 Å². The van der Waals surface area contributed by atoms with E-state index in [1.165, 1.54) is 57.8 Å². The highest BCUT2D eigenvalue weighted by molar-refractivity contribution is 6.66. The molecule has 0 rings (SSSR count). The highest BCUT2D eigenvalue weighted by atomic mass is 28.4. The molecule has 0 aliphatic carbocycles. The summed E-state index contributed by atoms with van der Waals surface area (Å²) in [5.41, 5.74) is 0. The highest BCUT2D eigenvalue weighted by Crippen LogP contribution is 2.20. The maximum Gasteiger partial charge on any atom is 0.334 e. The van der Waals surface area contributed by atoms with Gasteiger partial charge >= 0.3 is 17.1 Å². The van der Waals surface area contributed by atoms with E-state index in [2.05, 4.69) is 113 Å². The number of allylic oxidation sites excluding steroid dienone is 4. The first-order chi connectivity index (χ1) is 24.7. The molecule has 0 amide bonds. The lowest BCUT2D eigenvalue weighted by atomic mass is 10.3. The van der Waals surface area contributed by atoms with E-state index in [4.69, 9.17) is 17.7 Å². The Morgan fingerprint density at radius 3 is 0.902 bits per heavy atom. The number of rotatable bonds is 38. The fraction of sp³-hybridized carbons (Fsp3) is 0.814. The van der Waals surface area contributed by atoms with Gasteiger partial charge in [0.1, 0.15) is 0 Å². The van der Waals surface area contributed by atoms with Gasteiger partial charge in [-0.15, -0.1) is 0 Å². The molecule has 51 heavy (non-hydrogen) atoms. The summed E-state index contributed by atoms with van der Waals surface area (Å²) in [6, 6.07) is 2.15. The van der Waals surface area contributed by atoms with Crippen molar-refractivity contribution in [3.63, 3.8) is 0 Å². The fourth-order valence-electron chi connectivity index (χ4n) is 5.84. The van der Waals surface area contributed by atoms with Crippen LogP contribution in [0.4, 0.5) is 0 Å². The Morgan fingerprint density at radius 2 is 0.627 bits per heavy atom. The molecule has 0 saturated heterocycles. The first kappa shape index (κ1) is 50.2. The smallest absolute Gasteiger partial charge is 0.334 e. The van der Waals surface area contributed by atoms with Gasteiger partial charge in [-0.3, -0.25) is 0 Å². The van der Waals surface area contributed by atoms with Crippen molar-refractivity contribution in [3.8, 4) is 0 Å². The van der Waals surface area contributed by atoms with E-state index in [0.717, 1.165) is 116 Å². The van der Waals surface area contributed by atoms with Crippen LogP contribution in [0.3, 0.4) is 0 Å². The number of hydrogen-bond donors (Lipinski definition) is 0. The molecule has 0 N–H and O–H groups in total. The summed E-state index contributed by atoms with van der Waals surface area (Å²) in [6.45, 7) is 21.1. The fourth-order valence-corrected chi connectivity index (χ4v) is 10.6. The van der Waals surface area contributed by atoms with Crippen LogP contribution in [0.1, 0.15) is 137 Å². The van der Waals surface area contributed by atoms with Crippen molar-refractivity contribution in [1.29, 1.82) is 0 Å². The first-order valence-electron chi connectivity index (χ1n) is 21.3. The van der Waals surface area contributed by atoms with E-state index in [1.54, 1.807) is 0 Å². The molecule has 8 heteroatoms. The second-order valence-electron chi connectivity index (χ2n) is 14.7. The second kappa shape index (κ2) is 36.1. The third-order valence-electron chi connectivity index (χ3n) is 9.18. The van der Waals surface area contributed by atoms with Gasteiger partial charge < -0.3 is 27.5 Å². The number of nitrogens with zero attached hydrogens (tertiary/aromatic N) is 2. The molecule has 0 saturated carbocycles. The molecule has 0 aliphatic rings. The van der Waals surface area contributed by atoms with Crippen LogP contribution in [0.15, 0.2) is 48.6 Å². The molecule has 0 aromatic heterocycles. The van der Waals surface area contributed by atoms with Gasteiger partial charge in [0, 0.05) is 26.4 Å². The van der Waals surface area contributed by atoms with Gasteiger partial charge in [0.25, 0.3) is 0 Å². The molecule has 300 valence electrons. The molecule has 0 unspecified atom stereocenters. The van der Waals surface area contributed by atoms with Crippen LogP contribution in [-0.4, -0.2) is 93.6 Å². The van der Waals surface area contributed by atoms with Gasteiger partial charge in [0.15, 0.2) is 0 Å². The maximum absolute atomic E-state index is 6.47. The van der Waals surface area contributed by atoms with Crippen molar-refractivity contribution in [2.24, 2.45) is 0 Å². The summed E-state index contributed by atoms with van der Waals surface area (Å²) in [4.78, 5) is 5.01. The van der Waals surface area contributed by atoms with E-state index < -0.39 is 17.1 Å². The monoisotopic (exact) mass is 751 g/mol.